The fraction of sp³-hybridized carbons (Fsp3) is 1.00. The molecular weight excluding hydrogens is 196 g/mol. The van der Waals surface area contributed by atoms with Crippen LogP contribution in [0.4, 0.5) is 0 Å². The lowest BCUT2D eigenvalue weighted by Gasteiger charge is -2.51. The summed E-state index contributed by atoms with van der Waals surface area (Å²) < 4.78 is 0. The fourth-order valence-electron chi connectivity index (χ4n) is 3.44. The topological polar surface area (TPSA) is 38.0 Å². The first-order chi connectivity index (χ1) is 7.65. The van der Waals surface area contributed by atoms with Crippen molar-refractivity contribution in [1.29, 1.82) is 0 Å². The van der Waals surface area contributed by atoms with E-state index in [1.54, 1.807) is 0 Å². The highest BCUT2D eigenvalue weighted by Crippen LogP contribution is 2.42. The van der Waals surface area contributed by atoms with E-state index >= 15 is 0 Å². The summed E-state index contributed by atoms with van der Waals surface area (Å²) in [5, 5.41) is 3.88. The van der Waals surface area contributed by atoms with Gasteiger partial charge in [-0.25, -0.2) is 0 Å². The van der Waals surface area contributed by atoms with Crippen LogP contribution in [0.1, 0.15) is 58.8 Å². The van der Waals surface area contributed by atoms with E-state index in [1.165, 1.54) is 44.9 Å². The molecule has 2 heteroatoms. The van der Waals surface area contributed by atoms with Gasteiger partial charge in [-0.2, -0.15) is 0 Å². The minimum Gasteiger partial charge on any atom is -0.329 e. The van der Waals surface area contributed by atoms with Gasteiger partial charge in [0, 0.05) is 18.1 Å². The molecule has 0 heterocycles. The summed E-state index contributed by atoms with van der Waals surface area (Å²) in [6.07, 6.45) is 9.60. The highest BCUT2D eigenvalue weighted by molar-refractivity contribution is 5.04. The van der Waals surface area contributed by atoms with E-state index in [0.717, 1.165) is 24.4 Å². The van der Waals surface area contributed by atoms with Crippen molar-refractivity contribution < 1.29 is 0 Å². The normalized spacial score (nSPS) is 36.4. The van der Waals surface area contributed by atoms with Crippen molar-refractivity contribution in [1.82, 2.24) is 5.32 Å². The molecule has 2 fully saturated rings. The first-order valence-corrected chi connectivity index (χ1v) is 7.13. The molecule has 0 aromatic carbocycles. The molecule has 0 bridgehead atoms. The maximum absolute atomic E-state index is 5.99. The van der Waals surface area contributed by atoms with Crippen molar-refractivity contribution in [3.8, 4) is 0 Å². The van der Waals surface area contributed by atoms with Crippen LogP contribution in [0.2, 0.25) is 0 Å². The fourth-order valence-corrected chi connectivity index (χ4v) is 3.44. The van der Waals surface area contributed by atoms with Crippen LogP contribution in [0.3, 0.4) is 0 Å². The second kappa shape index (κ2) is 5.05. The average Bonchev–Trinajstić information content (AvgIpc) is 2.24. The van der Waals surface area contributed by atoms with Gasteiger partial charge in [0.1, 0.15) is 0 Å². The predicted molar refractivity (Wildman–Crippen MR) is 69.4 cm³/mol. The molecule has 0 radical (unpaired) electrons. The molecule has 3 N–H and O–H groups in total. The second-order valence-corrected chi connectivity index (χ2v) is 6.38. The van der Waals surface area contributed by atoms with Crippen molar-refractivity contribution >= 4 is 0 Å². The Hall–Kier alpha value is -0.0800. The predicted octanol–water partition coefficient (Wildman–Crippen LogP) is 2.67. The third kappa shape index (κ3) is 2.60. The zero-order chi connectivity index (χ0) is 11.6. The number of hydrogen-bond acceptors (Lipinski definition) is 2. The summed E-state index contributed by atoms with van der Waals surface area (Å²) in [4.78, 5) is 0. The van der Waals surface area contributed by atoms with Gasteiger partial charge in [0.15, 0.2) is 0 Å². The molecule has 0 aliphatic heterocycles. The van der Waals surface area contributed by atoms with Crippen LogP contribution >= 0.6 is 0 Å². The van der Waals surface area contributed by atoms with E-state index in [2.05, 4.69) is 19.2 Å². The summed E-state index contributed by atoms with van der Waals surface area (Å²) >= 11 is 0. The highest BCUT2D eigenvalue weighted by atomic mass is 15.1. The number of hydrogen-bond donors (Lipinski definition) is 2. The molecule has 2 rings (SSSR count). The van der Waals surface area contributed by atoms with Gasteiger partial charge in [-0.1, -0.05) is 33.1 Å². The molecule has 2 aliphatic carbocycles. The molecule has 0 unspecified atom stereocenters. The zero-order valence-electron chi connectivity index (χ0n) is 11.0. The van der Waals surface area contributed by atoms with E-state index in [0.29, 0.717) is 5.54 Å². The van der Waals surface area contributed by atoms with Crippen molar-refractivity contribution in [2.45, 2.75) is 70.4 Å². The van der Waals surface area contributed by atoms with Crippen LogP contribution in [-0.2, 0) is 0 Å². The minimum atomic E-state index is 0.303. The first-order valence-electron chi connectivity index (χ1n) is 7.13. The summed E-state index contributed by atoms with van der Waals surface area (Å²) in [5.41, 5.74) is 6.29. The van der Waals surface area contributed by atoms with Crippen LogP contribution in [0.5, 0.6) is 0 Å². The maximum atomic E-state index is 5.99. The van der Waals surface area contributed by atoms with Crippen LogP contribution in [0.25, 0.3) is 0 Å². The molecule has 0 amide bonds. The van der Waals surface area contributed by atoms with Crippen molar-refractivity contribution in [2.75, 3.05) is 6.54 Å². The van der Waals surface area contributed by atoms with Gasteiger partial charge in [0.25, 0.3) is 0 Å². The average molecular weight is 224 g/mol. The molecule has 2 aliphatic rings. The van der Waals surface area contributed by atoms with E-state index in [9.17, 15) is 0 Å². The Balaban J connectivity index is 1.82. The van der Waals surface area contributed by atoms with Gasteiger partial charge in [-0.15, -0.1) is 0 Å². The van der Waals surface area contributed by atoms with Crippen LogP contribution in [0, 0.1) is 11.8 Å². The van der Waals surface area contributed by atoms with Crippen molar-refractivity contribution in [2.24, 2.45) is 17.6 Å². The zero-order valence-corrected chi connectivity index (χ0v) is 11.0. The number of nitrogens with one attached hydrogen (secondary N) is 1. The molecule has 0 aromatic heterocycles. The smallest absolute Gasteiger partial charge is 0.0311 e. The molecule has 0 spiro atoms. The molecule has 2 nitrogen and oxygen atoms in total. The van der Waals surface area contributed by atoms with E-state index in [1.807, 2.05) is 0 Å². The molecule has 94 valence electrons. The van der Waals surface area contributed by atoms with Gasteiger partial charge in [0.05, 0.1) is 0 Å². The molecular formula is C14H28N2. The summed E-state index contributed by atoms with van der Waals surface area (Å²) in [6.45, 7) is 5.50. The Labute approximate surface area is 100 Å². The highest BCUT2D eigenvalue weighted by Gasteiger charge is 2.44. The Morgan fingerprint density at radius 1 is 1.19 bits per heavy atom. The van der Waals surface area contributed by atoms with E-state index in [4.69, 9.17) is 5.73 Å². The largest absolute Gasteiger partial charge is 0.329 e. The summed E-state index contributed by atoms with van der Waals surface area (Å²) in [7, 11) is 0. The number of nitrogens with two attached hydrogens (primary N) is 1. The van der Waals surface area contributed by atoms with Crippen LogP contribution in [-0.4, -0.2) is 18.1 Å². The molecule has 0 saturated heterocycles. The standard InChI is InChI=1S/C14H28N2/c1-11(2)12-8-14(9-12,10-15)16-13-6-4-3-5-7-13/h11-13,16H,3-10,15H2,1-2H3. The van der Waals surface area contributed by atoms with E-state index in [-0.39, 0.29) is 0 Å². The van der Waals surface area contributed by atoms with Gasteiger partial charge in [-0.05, 0) is 37.5 Å². The number of rotatable bonds is 4. The molecule has 0 atom stereocenters. The van der Waals surface area contributed by atoms with Gasteiger partial charge < -0.3 is 11.1 Å². The molecule has 0 aromatic rings. The third-order valence-electron chi connectivity index (χ3n) is 4.75. The SMILES string of the molecule is CC(C)C1CC(CN)(NC2CCCCC2)C1. The quantitative estimate of drug-likeness (QED) is 0.770. The van der Waals surface area contributed by atoms with Gasteiger partial charge in [0.2, 0.25) is 0 Å². The Kier molecular flexibility index (Phi) is 3.91. The second-order valence-electron chi connectivity index (χ2n) is 6.38. The summed E-state index contributed by atoms with van der Waals surface area (Å²) in [5.74, 6) is 1.73. The lowest BCUT2D eigenvalue weighted by Crippen LogP contribution is -2.63. The lowest BCUT2D eigenvalue weighted by molar-refractivity contribution is 0.0601. The minimum absolute atomic E-state index is 0.303. The van der Waals surface area contributed by atoms with Crippen LogP contribution < -0.4 is 11.1 Å². The molecule has 16 heavy (non-hydrogen) atoms. The van der Waals surface area contributed by atoms with E-state index < -0.39 is 0 Å². The van der Waals surface area contributed by atoms with Crippen molar-refractivity contribution in [3.05, 3.63) is 0 Å². The Morgan fingerprint density at radius 3 is 2.31 bits per heavy atom. The Morgan fingerprint density at radius 2 is 1.81 bits per heavy atom. The Bertz CT molecular complexity index is 213. The summed E-state index contributed by atoms with van der Waals surface area (Å²) in [6, 6.07) is 0.755. The van der Waals surface area contributed by atoms with Crippen LogP contribution in [0.15, 0.2) is 0 Å². The van der Waals surface area contributed by atoms with Gasteiger partial charge in [-0.3, -0.25) is 0 Å². The molecule has 2 saturated carbocycles. The third-order valence-corrected chi connectivity index (χ3v) is 4.75. The maximum Gasteiger partial charge on any atom is 0.0311 e. The first kappa shape index (κ1) is 12.4. The monoisotopic (exact) mass is 224 g/mol. The van der Waals surface area contributed by atoms with Crippen molar-refractivity contribution in [3.63, 3.8) is 0 Å². The lowest BCUT2D eigenvalue weighted by atomic mass is 9.63. The van der Waals surface area contributed by atoms with Gasteiger partial charge >= 0.3 is 0 Å².